The van der Waals surface area contributed by atoms with E-state index >= 15 is 0 Å². The van der Waals surface area contributed by atoms with Crippen LogP contribution in [0.3, 0.4) is 0 Å². The lowest BCUT2D eigenvalue weighted by atomic mass is 10.1. The molecule has 1 aromatic carbocycles. The molecule has 2 aromatic rings. The van der Waals surface area contributed by atoms with Gasteiger partial charge in [0, 0.05) is 24.0 Å². The zero-order valence-electron chi connectivity index (χ0n) is 9.97. The van der Waals surface area contributed by atoms with Gasteiger partial charge in [0.05, 0.1) is 5.56 Å². The fraction of sp³-hybridized carbons (Fsp3) is 0.286. The van der Waals surface area contributed by atoms with Crippen LogP contribution in [0.25, 0.3) is 11.4 Å². The molecule has 1 N–H and O–H groups in total. The Bertz CT molecular complexity index is 602. The molecular formula is C14H14N2O2. The van der Waals surface area contributed by atoms with Crippen LogP contribution in [0.4, 0.5) is 0 Å². The summed E-state index contributed by atoms with van der Waals surface area (Å²) in [5, 5.41) is 9.02. The molecule has 0 atom stereocenters. The number of aromatic nitrogens is 2. The zero-order chi connectivity index (χ0) is 12.5. The number of hydrogen-bond acceptors (Lipinski definition) is 2. The average molecular weight is 242 g/mol. The molecule has 0 bridgehead atoms. The van der Waals surface area contributed by atoms with Crippen molar-refractivity contribution in [2.24, 2.45) is 0 Å². The van der Waals surface area contributed by atoms with Crippen LogP contribution in [0.2, 0.25) is 0 Å². The van der Waals surface area contributed by atoms with Crippen molar-refractivity contribution in [3.63, 3.8) is 0 Å². The van der Waals surface area contributed by atoms with Crippen molar-refractivity contribution in [1.82, 2.24) is 9.55 Å². The molecule has 4 nitrogen and oxygen atoms in total. The minimum Gasteiger partial charge on any atom is -0.478 e. The molecule has 1 aliphatic rings. The highest BCUT2D eigenvalue weighted by molar-refractivity contribution is 5.89. The van der Waals surface area contributed by atoms with Gasteiger partial charge in [-0.1, -0.05) is 12.1 Å². The van der Waals surface area contributed by atoms with Crippen molar-refractivity contribution < 1.29 is 9.90 Å². The number of rotatable bonds is 2. The van der Waals surface area contributed by atoms with Crippen LogP contribution in [0, 0.1) is 0 Å². The van der Waals surface area contributed by atoms with Crippen molar-refractivity contribution in [3.05, 3.63) is 41.7 Å². The Hall–Kier alpha value is -2.10. The summed E-state index contributed by atoms with van der Waals surface area (Å²) in [5.74, 6) is -0.0185. The first-order chi connectivity index (χ1) is 8.75. The number of aromatic carboxylic acids is 1. The molecule has 0 saturated heterocycles. The SMILES string of the molecule is O=C(O)c1cccc(-c2ncc3n2CCCC3)c1. The number of fused-ring (bicyclic) bond motifs is 1. The molecule has 0 saturated carbocycles. The molecule has 3 rings (SSSR count). The number of nitrogens with zero attached hydrogens (tertiary/aromatic N) is 2. The predicted octanol–water partition coefficient (Wildman–Crippen LogP) is 2.58. The molecule has 0 spiro atoms. The van der Waals surface area contributed by atoms with Gasteiger partial charge in [-0.3, -0.25) is 0 Å². The second-order valence-electron chi connectivity index (χ2n) is 4.57. The second-order valence-corrected chi connectivity index (χ2v) is 4.57. The van der Waals surface area contributed by atoms with Crippen LogP contribution < -0.4 is 0 Å². The summed E-state index contributed by atoms with van der Waals surface area (Å²) in [6.07, 6.45) is 5.34. The van der Waals surface area contributed by atoms with Gasteiger partial charge in [0.15, 0.2) is 0 Å². The standard InChI is InChI=1S/C14H14N2O2/c17-14(18)11-5-3-4-10(8-11)13-15-9-12-6-1-2-7-16(12)13/h3-5,8-9H,1-2,6-7H2,(H,17,18). The maximum Gasteiger partial charge on any atom is 0.335 e. The number of carboxylic acids is 1. The summed E-state index contributed by atoms with van der Waals surface area (Å²) in [6, 6.07) is 6.97. The van der Waals surface area contributed by atoms with Gasteiger partial charge >= 0.3 is 5.97 Å². The van der Waals surface area contributed by atoms with Crippen LogP contribution in [-0.4, -0.2) is 20.6 Å². The highest BCUT2D eigenvalue weighted by atomic mass is 16.4. The van der Waals surface area contributed by atoms with E-state index in [1.54, 1.807) is 18.2 Å². The molecule has 4 heteroatoms. The summed E-state index contributed by atoms with van der Waals surface area (Å²) in [5.41, 5.74) is 2.43. The Labute approximate surface area is 105 Å². The smallest absolute Gasteiger partial charge is 0.335 e. The number of carboxylic acid groups (broad SMARTS) is 1. The van der Waals surface area contributed by atoms with Crippen molar-refractivity contribution in [1.29, 1.82) is 0 Å². The first-order valence-corrected chi connectivity index (χ1v) is 6.14. The third kappa shape index (κ3) is 1.79. The molecular weight excluding hydrogens is 228 g/mol. The van der Waals surface area contributed by atoms with E-state index in [-0.39, 0.29) is 0 Å². The van der Waals surface area contributed by atoms with Crippen molar-refractivity contribution >= 4 is 5.97 Å². The lowest BCUT2D eigenvalue weighted by Gasteiger charge is -2.16. The summed E-state index contributed by atoms with van der Waals surface area (Å²) >= 11 is 0. The second kappa shape index (κ2) is 4.29. The van der Waals surface area contributed by atoms with Crippen LogP contribution in [0.5, 0.6) is 0 Å². The van der Waals surface area contributed by atoms with Crippen molar-refractivity contribution in [2.45, 2.75) is 25.8 Å². The van der Waals surface area contributed by atoms with E-state index < -0.39 is 5.97 Å². The number of carbonyl (C=O) groups is 1. The van der Waals surface area contributed by atoms with E-state index in [1.807, 2.05) is 12.3 Å². The van der Waals surface area contributed by atoms with Crippen LogP contribution >= 0.6 is 0 Å². The van der Waals surface area contributed by atoms with Gasteiger partial charge < -0.3 is 9.67 Å². The normalized spacial score (nSPS) is 14.2. The van der Waals surface area contributed by atoms with Crippen LogP contribution in [0.1, 0.15) is 28.9 Å². The Morgan fingerprint density at radius 3 is 3.06 bits per heavy atom. The van der Waals surface area contributed by atoms with Gasteiger partial charge in [-0.2, -0.15) is 0 Å². The lowest BCUT2D eigenvalue weighted by Crippen LogP contribution is -2.10. The Kier molecular flexibility index (Phi) is 2.63. The van der Waals surface area contributed by atoms with E-state index in [0.717, 1.165) is 30.8 Å². The summed E-state index contributed by atoms with van der Waals surface area (Å²) in [7, 11) is 0. The molecule has 0 fully saturated rings. The molecule has 0 aliphatic carbocycles. The van der Waals surface area contributed by atoms with Gasteiger partial charge in [0.1, 0.15) is 5.82 Å². The number of aryl methyl sites for hydroxylation is 1. The monoisotopic (exact) mass is 242 g/mol. The fourth-order valence-electron chi connectivity index (χ4n) is 2.46. The number of hydrogen-bond donors (Lipinski definition) is 1. The van der Waals surface area contributed by atoms with E-state index in [4.69, 9.17) is 5.11 Å². The molecule has 1 aliphatic heterocycles. The van der Waals surface area contributed by atoms with Gasteiger partial charge in [-0.25, -0.2) is 9.78 Å². The van der Waals surface area contributed by atoms with Crippen LogP contribution in [-0.2, 0) is 13.0 Å². The van der Waals surface area contributed by atoms with Gasteiger partial charge in [-0.05, 0) is 31.4 Å². The van der Waals surface area contributed by atoms with E-state index in [0.29, 0.717) is 5.56 Å². The molecule has 0 unspecified atom stereocenters. The zero-order valence-corrected chi connectivity index (χ0v) is 9.97. The van der Waals surface area contributed by atoms with E-state index in [9.17, 15) is 4.79 Å². The Balaban J connectivity index is 2.07. The minimum absolute atomic E-state index is 0.306. The lowest BCUT2D eigenvalue weighted by molar-refractivity contribution is 0.0697. The summed E-state index contributed by atoms with van der Waals surface area (Å²) in [4.78, 5) is 15.4. The van der Waals surface area contributed by atoms with Gasteiger partial charge in [0.2, 0.25) is 0 Å². The van der Waals surface area contributed by atoms with Gasteiger partial charge in [-0.15, -0.1) is 0 Å². The third-order valence-electron chi connectivity index (χ3n) is 3.37. The van der Waals surface area contributed by atoms with Crippen molar-refractivity contribution in [2.75, 3.05) is 0 Å². The maximum absolute atomic E-state index is 11.0. The first-order valence-electron chi connectivity index (χ1n) is 6.14. The highest BCUT2D eigenvalue weighted by Crippen LogP contribution is 2.25. The molecule has 0 amide bonds. The predicted molar refractivity (Wildman–Crippen MR) is 67.6 cm³/mol. The van der Waals surface area contributed by atoms with E-state index in [1.165, 1.54) is 12.1 Å². The van der Waals surface area contributed by atoms with Gasteiger partial charge in [0.25, 0.3) is 0 Å². The Morgan fingerprint density at radius 2 is 2.22 bits per heavy atom. The highest BCUT2D eigenvalue weighted by Gasteiger charge is 2.15. The molecule has 92 valence electrons. The fourth-order valence-corrected chi connectivity index (χ4v) is 2.46. The molecule has 2 heterocycles. The van der Waals surface area contributed by atoms with Crippen molar-refractivity contribution in [3.8, 4) is 11.4 Å². The summed E-state index contributed by atoms with van der Waals surface area (Å²) in [6.45, 7) is 0.974. The average Bonchev–Trinajstić information content (AvgIpc) is 2.82. The topological polar surface area (TPSA) is 55.1 Å². The van der Waals surface area contributed by atoms with Crippen LogP contribution in [0.15, 0.2) is 30.5 Å². The van der Waals surface area contributed by atoms with E-state index in [2.05, 4.69) is 9.55 Å². The molecule has 1 aromatic heterocycles. The summed E-state index contributed by atoms with van der Waals surface area (Å²) < 4.78 is 2.20. The number of imidazole rings is 1. The molecule has 0 radical (unpaired) electrons. The first kappa shape index (κ1) is 11.0. The largest absolute Gasteiger partial charge is 0.478 e. The minimum atomic E-state index is -0.901. The quantitative estimate of drug-likeness (QED) is 0.880. The number of benzene rings is 1. The molecule has 18 heavy (non-hydrogen) atoms. The Morgan fingerprint density at radius 1 is 1.33 bits per heavy atom. The third-order valence-corrected chi connectivity index (χ3v) is 3.37. The maximum atomic E-state index is 11.0.